The van der Waals surface area contributed by atoms with Crippen LogP contribution in [0.3, 0.4) is 0 Å². The van der Waals surface area contributed by atoms with Gasteiger partial charge in [0.1, 0.15) is 12.0 Å². The minimum absolute atomic E-state index is 0.166. The molecule has 1 unspecified atom stereocenters. The van der Waals surface area contributed by atoms with Crippen LogP contribution in [0, 0.1) is 17.8 Å². The summed E-state index contributed by atoms with van der Waals surface area (Å²) in [5.74, 6) is -2.71. The number of rotatable bonds is 7. The number of nitrogens with one attached hydrogen (secondary N) is 1. The molecule has 1 aliphatic carbocycles. The molecule has 4 rings (SSSR count). The second-order valence-electron chi connectivity index (χ2n) is 7.72. The maximum atomic E-state index is 14.2. The van der Waals surface area contributed by atoms with E-state index in [2.05, 4.69) is 16.5 Å². The molecule has 1 amide bonds. The van der Waals surface area contributed by atoms with Gasteiger partial charge in [-0.25, -0.2) is 22.2 Å². The zero-order valence-electron chi connectivity index (χ0n) is 17.5. The number of sulfone groups is 1. The Hall–Kier alpha value is -2.85. The van der Waals surface area contributed by atoms with Crippen molar-refractivity contribution in [1.82, 2.24) is 4.98 Å². The first-order chi connectivity index (χ1) is 15.8. The summed E-state index contributed by atoms with van der Waals surface area (Å²) in [6.45, 7) is 0. The summed E-state index contributed by atoms with van der Waals surface area (Å²) >= 11 is 1.14. The topological polar surface area (TPSA) is 85.4 Å². The van der Waals surface area contributed by atoms with E-state index in [1.165, 1.54) is 24.3 Å². The fourth-order valence-corrected chi connectivity index (χ4v) is 6.13. The van der Waals surface area contributed by atoms with Crippen molar-refractivity contribution in [2.45, 2.75) is 48.4 Å². The highest BCUT2D eigenvalue weighted by Gasteiger charge is 2.30. The highest BCUT2D eigenvalue weighted by atomic mass is 32.2. The van der Waals surface area contributed by atoms with Gasteiger partial charge < -0.3 is 4.74 Å². The molecule has 1 heterocycles. The van der Waals surface area contributed by atoms with Crippen molar-refractivity contribution in [3.05, 3.63) is 71.2 Å². The summed E-state index contributed by atoms with van der Waals surface area (Å²) in [4.78, 5) is 17.0. The Balaban J connectivity index is 1.62. The molecule has 1 atom stereocenters. The summed E-state index contributed by atoms with van der Waals surface area (Å²) in [5.41, 5.74) is 0.305. The van der Waals surface area contributed by atoms with Crippen LogP contribution < -0.4 is 10.1 Å². The molecule has 1 fully saturated rings. The molecule has 0 saturated heterocycles. The second-order valence-corrected chi connectivity index (χ2v) is 10.8. The van der Waals surface area contributed by atoms with Crippen molar-refractivity contribution < 1.29 is 26.7 Å². The predicted octanol–water partition coefficient (Wildman–Crippen LogP) is 5.09. The van der Waals surface area contributed by atoms with Crippen molar-refractivity contribution in [3.63, 3.8) is 0 Å². The van der Waals surface area contributed by atoms with E-state index in [9.17, 15) is 22.0 Å². The largest absolute Gasteiger partial charge is 0.473 e. The third-order valence-electron chi connectivity index (χ3n) is 5.50. The number of nitrogens with zero attached hydrogens (tertiary/aromatic N) is 1. The summed E-state index contributed by atoms with van der Waals surface area (Å²) in [7, 11) is -3.49. The molecule has 33 heavy (non-hydrogen) atoms. The number of aromatic nitrogens is 1. The van der Waals surface area contributed by atoms with E-state index >= 15 is 0 Å². The van der Waals surface area contributed by atoms with E-state index < -0.39 is 38.7 Å². The van der Waals surface area contributed by atoms with Gasteiger partial charge in [0.2, 0.25) is 6.10 Å². The standard InChI is InChI=1S/C23H21F2N2O4S2/c24-16-8-11-20(19(25)14-16)31-21(22(28)27-23-26-12-13-32-23)15-6-9-18(10-7-15)33(29,30)17-4-2-1-3-5-17/h6-11,13-14,17,21H,1-5H2,(H,26,27,28). The Morgan fingerprint density at radius 3 is 2.48 bits per heavy atom. The van der Waals surface area contributed by atoms with Crippen LogP contribution in [-0.4, -0.2) is 24.6 Å². The van der Waals surface area contributed by atoms with Crippen LogP contribution in [0.25, 0.3) is 0 Å². The number of hydrogen-bond acceptors (Lipinski definition) is 6. The van der Waals surface area contributed by atoms with Gasteiger partial charge in [-0.2, -0.15) is 0 Å². The maximum Gasteiger partial charge on any atom is 0.271 e. The minimum atomic E-state index is -3.49. The van der Waals surface area contributed by atoms with Crippen LogP contribution in [-0.2, 0) is 14.6 Å². The van der Waals surface area contributed by atoms with Crippen molar-refractivity contribution >= 4 is 32.2 Å². The molecule has 1 saturated carbocycles. The van der Waals surface area contributed by atoms with E-state index in [-0.39, 0.29) is 15.8 Å². The smallest absolute Gasteiger partial charge is 0.271 e. The van der Waals surface area contributed by atoms with Crippen LogP contribution in [0.2, 0.25) is 0 Å². The van der Waals surface area contributed by atoms with Gasteiger partial charge in [0.15, 0.2) is 26.5 Å². The first kappa shape index (κ1) is 23.3. The molecule has 1 aromatic heterocycles. The first-order valence-electron chi connectivity index (χ1n) is 10.4. The maximum absolute atomic E-state index is 14.2. The molecule has 1 radical (unpaired) electrons. The Morgan fingerprint density at radius 2 is 1.85 bits per heavy atom. The summed E-state index contributed by atoms with van der Waals surface area (Å²) in [5, 5.41) is 3.97. The van der Waals surface area contributed by atoms with Crippen molar-refractivity contribution in [1.29, 1.82) is 0 Å². The van der Waals surface area contributed by atoms with Gasteiger partial charge in [-0.3, -0.25) is 10.1 Å². The van der Waals surface area contributed by atoms with Crippen molar-refractivity contribution in [2.24, 2.45) is 0 Å². The van der Waals surface area contributed by atoms with Crippen LogP contribution in [0.4, 0.5) is 13.9 Å². The van der Waals surface area contributed by atoms with Crippen LogP contribution in [0.1, 0.15) is 43.8 Å². The third-order valence-corrected chi connectivity index (χ3v) is 8.42. The van der Waals surface area contributed by atoms with E-state index in [0.717, 1.165) is 42.7 Å². The van der Waals surface area contributed by atoms with Gasteiger partial charge in [-0.15, -0.1) is 11.3 Å². The Morgan fingerprint density at radius 1 is 1.12 bits per heavy atom. The average Bonchev–Trinajstić information content (AvgIpc) is 3.32. The first-order valence-corrected chi connectivity index (χ1v) is 12.9. The lowest BCUT2D eigenvalue weighted by Gasteiger charge is -2.22. The number of carbonyl (C=O) groups is 1. The fraction of sp³-hybridized carbons (Fsp3) is 0.304. The second kappa shape index (κ2) is 9.96. The monoisotopic (exact) mass is 491 g/mol. The number of carbonyl (C=O) groups excluding carboxylic acids is 1. The molecule has 0 spiro atoms. The highest BCUT2D eigenvalue weighted by Crippen LogP contribution is 2.31. The number of benzene rings is 2. The molecular weight excluding hydrogens is 470 g/mol. The molecule has 0 bridgehead atoms. The molecular formula is C23H21F2N2O4S2. The molecule has 0 aliphatic heterocycles. The van der Waals surface area contributed by atoms with Gasteiger partial charge in [0, 0.05) is 17.0 Å². The number of halogens is 2. The van der Waals surface area contributed by atoms with Crippen LogP contribution in [0.5, 0.6) is 5.75 Å². The van der Waals surface area contributed by atoms with E-state index in [0.29, 0.717) is 24.5 Å². The Kier molecular flexibility index (Phi) is 7.04. The molecule has 2 aromatic carbocycles. The van der Waals surface area contributed by atoms with Crippen molar-refractivity contribution in [3.8, 4) is 5.75 Å². The lowest BCUT2D eigenvalue weighted by atomic mass is 10.0. The minimum Gasteiger partial charge on any atom is -0.473 e. The number of thiazole rings is 1. The predicted molar refractivity (Wildman–Crippen MR) is 120 cm³/mol. The van der Waals surface area contributed by atoms with Gasteiger partial charge in [-0.1, -0.05) is 31.4 Å². The number of hydrogen-bond donors (Lipinski definition) is 1. The summed E-state index contributed by atoms with van der Waals surface area (Å²) in [6.07, 6.45) is 5.32. The Labute approximate surface area is 194 Å². The van der Waals surface area contributed by atoms with Crippen molar-refractivity contribution in [2.75, 3.05) is 5.32 Å². The van der Waals surface area contributed by atoms with Gasteiger partial charge in [-0.05, 0) is 37.1 Å². The average molecular weight is 492 g/mol. The number of amides is 1. The number of ether oxygens (including phenoxy) is 1. The molecule has 3 aromatic rings. The van der Waals surface area contributed by atoms with E-state index in [4.69, 9.17) is 4.74 Å². The molecule has 1 aliphatic rings. The zero-order valence-corrected chi connectivity index (χ0v) is 19.1. The summed E-state index contributed by atoms with van der Waals surface area (Å²) < 4.78 is 59.0. The van der Waals surface area contributed by atoms with Crippen LogP contribution in [0.15, 0.2) is 52.7 Å². The van der Waals surface area contributed by atoms with Gasteiger partial charge >= 0.3 is 0 Å². The van der Waals surface area contributed by atoms with Crippen LogP contribution >= 0.6 is 11.3 Å². The highest BCUT2D eigenvalue weighted by molar-refractivity contribution is 7.92. The zero-order chi connectivity index (χ0) is 23.4. The lowest BCUT2D eigenvalue weighted by molar-refractivity contribution is -0.123. The number of anilines is 1. The molecule has 10 heteroatoms. The molecule has 6 nitrogen and oxygen atoms in total. The van der Waals surface area contributed by atoms with E-state index in [1.54, 1.807) is 5.38 Å². The quantitative estimate of drug-likeness (QED) is 0.498. The van der Waals surface area contributed by atoms with E-state index in [1.807, 2.05) is 0 Å². The lowest BCUT2D eigenvalue weighted by Crippen LogP contribution is -2.26. The molecule has 1 N–H and O–H groups in total. The third kappa shape index (κ3) is 5.39. The fourth-order valence-electron chi connectivity index (χ4n) is 3.79. The Bertz CT molecular complexity index is 1210. The normalized spacial score (nSPS) is 15.7. The summed E-state index contributed by atoms with van der Waals surface area (Å²) in [6, 6.07) is 8.56. The van der Waals surface area contributed by atoms with Gasteiger partial charge in [0.05, 0.1) is 10.1 Å². The SMILES string of the molecule is O=C(Nc1n[c]cs1)C(Oc1ccc(F)cc1F)c1ccc(S(=O)(=O)C2CCCCC2)cc1. The van der Waals surface area contributed by atoms with Gasteiger partial charge in [0.25, 0.3) is 5.91 Å². The molecule has 173 valence electrons.